The number of allylic oxidation sites excluding steroid dienone is 1. The molecule has 0 amide bonds. The number of phenols is 1. The number of phenolic OH excluding ortho intramolecular Hbond substituents is 1. The summed E-state index contributed by atoms with van der Waals surface area (Å²) < 4.78 is 5.51. The standard InChI is InChI=1S/C27H28O2/c1-5-16-29-23-13-8-20(9-14-23)19-6-10-21(11-7-19)27(4)18-26(2,3)24-15-12-22(28)17-25(24)27/h5-17,28H,18H2,1-4H3/b16-5+. The minimum atomic E-state index is -0.111. The van der Waals surface area contributed by atoms with Crippen LogP contribution < -0.4 is 4.74 Å². The Morgan fingerprint density at radius 1 is 0.828 bits per heavy atom. The van der Waals surface area contributed by atoms with E-state index in [1.54, 1.807) is 12.3 Å². The summed E-state index contributed by atoms with van der Waals surface area (Å²) in [5, 5.41) is 10.1. The van der Waals surface area contributed by atoms with Crippen molar-refractivity contribution in [1.82, 2.24) is 0 Å². The second kappa shape index (κ2) is 7.11. The molecule has 2 heteroatoms. The van der Waals surface area contributed by atoms with E-state index in [4.69, 9.17) is 4.74 Å². The molecule has 0 bridgehead atoms. The van der Waals surface area contributed by atoms with Crippen molar-refractivity contribution in [2.24, 2.45) is 0 Å². The third-order valence-electron chi connectivity index (χ3n) is 6.17. The SMILES string of the molecule is C/C=C/Oc1ccc(-c2ccc(C3(C)CC(C)(C)c4ccc(O)cc43)cc2)cc1. The highest BCUT2D eigenvalue weighted by molar-refractivity contribution is 5.65. The lowest BCUT2D eigenvalue weighted by Gasteiger charge is -2.28. The van der Waals surface area contributed by atoms with E-state index in [-0.39, 0.29) is 10.8 Å². The van der Waals surface area contributed by atoms with Crippen LogP contribution >= 0.6 is 0 Å². The van der Waals surface area contributed by atoms with Gasteiger partial charge in [0.25, 0.3) is 0 Å². The Kier molecular flexibility index (Phi) is 4.74. The molecule has 1 atom stereocenters. The van der Waals surface area contributed by atoms with Gasteiger partial charge in [-0.3, -0.25) is 0 Å². The molecule has 2 nitrogen and oxygen atoms in total. The molecule has 29 heavy (non-hydrogen) atoms. The summed E-state index contributed by atoms with van der Waals surface area (Å²) in [6, 6.07) is 22.8. The van der Waals surface area contributed by atoms with Crippen molar-refractivity contribution in [3.63, 3.8) is 0 Å². The van der Waals surface area contributed by atoms with Crippen LogP contribution in [0.15, 0.2) is 79.1 Å². The van der Waals surface area contributed by atoms with E-state index < -0.39 is 0 Å². The third-order valence-corrected chi connectivity index (χ3v) is 6.17. The van der Waals surface area contributed by atoms with Crippen molar-refractivity contribution in [2.45, 2.75) is 44.9 Å². The van der Waals surface area contributed by atoms with Gasteiger partial charge in [-0.2, -0.15) is 0 Å². The first-order valence-electron chi connectivity index (χ1n) is 10.2. The monoisotopic (exact) mass is 384 g/mol. The van der Waals surface area contributed by atoms with Crippen LogP contribution in [-0.2, 0) is 10.8 Å². The summed E-state index contributed by atoms with van der Waals surface area (Å²) in [7, 11) is 0. The molecule has 0 saturated carbocycles. The van der Waals surface area contributed by atoms with Gasteiger partial charge in [0, 0.05) is 5.41 Å². The molecule has 0 heterocycles. The van der Waals surface area contributed by atoms with Gasteiger partial charge in [-0.15, -0.1) is 0 Å². The maximum atomic E-state index is 10.1. The molecular weight excluding hydrogens is 356 g/mol. The minimum absolute atomic E-state index is 0.0826. The van der Waals surface area contributed by atoms with Gasteiger partial charge in [0.2, 0.25) is 0 Å². The van der Waals surface area contributed by atoms with Crippen LogP contribution in [0.2, 0.25) is 0 Å². The predicted octanol–water partition coefficient (Wildman–Crippen LogP) is 6.96. The Bertz CT molecular complexity index is 1040. The van der Waals surface area contributed by atoms with E-state index in [1.807, 2.05) is 31.2 Å². The predicted molar refractivity (Wildman–Crippen MR) is 120 cm³/mol. The van der Waals surface area contributed by atoms with Gasteiger partial charge in [-0.05, 0) is 70.8 Å². The average Bonchev–Trinajstić information content (AvgIpc) is 2.92. The molecule has 4 rings (SSSR count). The highest BCUT2D eigenvalue weighted by Gasteiger charge is 2.45. The molecule has 1 aliphatic rings. The van der Waals surface area contributed by atoms with Gasteiger partial charge < -0.3 is 9.84 Å². The highest BCUT2D eigenvalue weighted by Crippen LogP contribution is 2.53. The smallest absolute Gasteiger partial charge is 0.126 e. The molecule has 3 aromatic carbocycles. The van der Waals surface area contributed by atoms with Gasteiger partial charge in [-0.1, -0.05) is 69.3 Å². The van der Waals surface area contributed by atoms with Crippen LogP contribution in [0.3, 0.4) is 0 Å². The lowest BCUT2D eigenvalue weighted by molar-refractivity contribution is 0.424. The van der Waals surface area contributed by atoms with Gasteiger partial charge in [0.05, 0.1) is 6.26 Å². The van der Waals surface area contributed by atoms with E-state index in [0.29, 0.717) is 5.75 Å². The van der Waals surface area contributed by atoms with Crippen LogP contribution in [0.25, 0.3) is 11.1 Å². The Morgan fingerprint density at radius 3 is 2.07 bits per heavy atom. The molecule has 0 spiro atoms. The normalized spacial score (nSPS) is 20.0. The average molecular weight is 385 g/mol. The van der Waals surface area contributed by atoms with Gasteiger partial charge in [0.1, 0.15) is 11.5 Å². The van der Waals surface area contributed by atoms with Crippen LogP contribution in [0, 0.1) is 0 Å². The number of ether oxygens (including phenoxy) is 1. The quantitative estimate of drug-likeness (QED) is 0.493. The molecule has 0 aliphatic heterocycles. The molecule has 0 radical (unpaired) electrons. The fourth-order valence-corrected chi connectivity index (χ4v) is 4.81. The van der Waals surface area contributed by atoms with Crippen molar-refractivity contribution in [2.75, 3.05) is 0 Å². The number of hydrogen-bond donors (Lipinski definition) is 1. The molecule has 0 saturated heterocycles. The second-order valence-corrected chi connectivity index (χ2v) is 8.81. The first-order chi connectivity index (χ1) is 13.8. The Morgan fingerprint density at radius 2 is 1.45 bits per heavy atom. The number of aromatic hydroxyl groups is 1. The lowest BCUT2D eigenvalue weighted by atomic mass is 9.75. The Labute approximate surface area is 173 Å². The Balaban J connectivity index is 1.66. The summed E-state index contributed by atoms with van der Waals surface area (Å²) in [6.45, 7) is 8.81. The minimum Gasteiger partial charge on any atom is -0.508 e. The summed E-state index contributed by atoms with van der Waals surface area (Å²) >= 11 is 0. The largest absolute Gasteiger partial charge is 0.508 e. The highest BCUT2D eigenvalue weighted by atomic mass is 16.5. The van der Waals surface area contributed by atoms with Crippen LogP contribution in [0.5, 0.6) is 11.5 Å². The van der Waals surface area contributed by atoms with Gasteiger partial charge >= 0.3 is 0 Å². The topological polar surface area (TPSA) is 29.5 Å². The summed E-state index contributed by atoms with van der Waals surface area (Å²) in [5.41, 5.74) is 6.17. The molecule has 1 unspecified atom stereocenters. The summed E-state index contributed by atoms with van der Waals surface area (Å²) in [5.74, 6) is 1.17. The van der Waals surface area contributed by atoms with Gasteiger partial charge in [-0.25, -0.2) is 0 Å². The van der Waals surface area contributed by atoms with E-state index in [0.717, 1.165) is 12.2 Å². The molecule has 1 N–H and O–H groups in total. The third kappa shape index (κ3) is 3.44. The second-order valence-electron chi connectivity index (χ2n) is 8.81. The van der Waals surface area contributed by atoms with Crippen molar-refractivity contribution >= 4 is 0 Å². The number of rotatable bonds is 4. The van der Waals surface area contributed by atoms with Crippen molar-refractivity contribution in [3.8, 4) is 22.6 Å². The van der Waals surface area contributed by atoms with Crippen molar-refractivity contribution in [1.29, 1.82) is 0 Å². The zero-order valence-electron chi connectivity index (χ0n) is 17.6. The van der Waals surface area contributed by atoms with E-state index in [2.05, 4.69) is 63.2 Å². The van der Waals surface area contributed by atoms with E-state index in [1.165, 1.54) is 27.8 Å². The first-order valence-corrected chi connectivity index (χ1v) is 10.2. The molecule has 0 aromatic heterocycles. The fraction of sp³-hybridized carbons (Fsp3) is 0.259. The first kappa shape index (κ1) is 19.3. The van der Waals surface area contributed by atoms with Crippen molar-refractivity contribution < 1.29 is 9.84 Å². The number of fused-ring (bicyclic) bond motifs is 1. The molecule has 0 fully saturated rings. The van der Waals surface area contributed by atoms with Gasteiger partial charge in [0.15, 0.2) is 0 Å². The maximum absolute atomic E-state index is 10.1. The molecular formula is C27H28O2. The lowest BCUT2D eigenvalue weighted by Crippen LogP contribution is -2.23. The Hall–Kier alpha value is -3.00. The van der Waals surface area contributed by atoms with Crippen LogP contribution in [0.4, 0.5) is 0 Å². The zero-order valence-corrected chi connectivity index (χ0v) is 17.6. The van der Waals surface area contributed by atoms with Crippen LogP contribution in [-0.4, -0.2) is 5.11 Å². The molecule has 1 aliphatic carbocycles. The zero-order chi connectivity index (χ0) is 20.6. The van der Waals surface area contributed by atoms with E-state index in [9.17, 15) is 5.11 Å². The van der Waals surface area contributed by atoms with E-state index >= 15 is 0 Å². The number of hydrogen-bond acceptors (Lipinski definition) is 2. The number of benzene rings is 3. The summed E-state index contributed by atoms with van der Waals surface area (Å²) in [4.78, 5) is 0. The van der Waals surface area contributed by atoms with Crippen LogP contribution in [0.1, 0.15) is 50.8 Å². The van der Waals surface area contributed by atoms with Crippen molar-refractivity contribution in [3.05, 3.63) is 95.8 Å². The fourth-order valence-electron chi connectivity index (χ4n) is 4.81. The summed E-state index contributed by atoms with van der Waals surface area (Å²) in [6.07, 6.45) is 4.58. The maximum Gasteiger partial charge on any atom is 0.126 e. The molecule has 148 valence electrons. The molecule has 3 aromatic rings.